The maximum Gasteiger partial charge on any atom is 0.267 e. The highest BCUT2D eigenvalue weighted by molar-refractivity contribution is 5.89. The monoisotopic (exact) mass is 334 g/mol. The lowest BCUT2D eigenvalue weighted by Crippen LogP contribution is -2.29. The first-order valence-corrected chi connectivity index (χ1v) is 7.89. The molecule has 2 aromatic heterocycles. The average molecular weight is 334 g/mol. The molecule has 0 atom stereocenters. The fourth-order valence-corrected chi connectivity index (χ4v) is 2.36. The van der Waals surface area contributed by atoms with Crippen LogP contribution in [-0.4, -0.2) is 20.7 Å². The van der Waals surface area contributed by atoms with Crippen molar-refractivity contribution < 1.29 is 4.79 Å². The van der Waals surface area contributed by atoms with E-state index in [1.54, 1.807) is 18.3 Å². The fourth-order valence-electron chi connectivity index (χ4n) is 2.36. The molecule has 0 aliphatic rings. The van der Waals surface area contributed by atoms with Crippen LogP contribution in [0.5, 0.6) is 0 Å². The molecular formula is C19H18N4O2. The van der Waals surface area contributed by atoms with E-state index >= 15 is 0 Å². The number of benzene rings is 1. The summed E-state index contributed by atoms with van der Waals surface area (Å²) in [6.45, 7) is 3.74. The minimum Gasteiger partial charge on any atom is -0.309 e. The van der Waals surface area contributed by atoms with Crippen LogP contribution in [0, 0.1) is 13.8 Å². The van der Waals surface area contributed by atoms with Crippen molar-refractivity contribution in [3.05, 3.63) is 76.2 Å². The summed E-state index contributed by atoms with van der Waals surface area (Å²) in [6.07, 6.45) is 1.62. The van der Waals surface area contributed by atoms with Gasteiger partial charge in [-0.1, -0.05) is 29.8 Å². The van der Waals surface area contributed by atoms with Crippen LogP contribution < -0.4 is 10.9 Å². The van der Waals surface area contributed by atoms with E-state index < -0.39 is 0 Å². The number of nitrogens with one attached hydrogen (secondary N) is 1. The number of carbonyl (C=O) groups excluding carboxylic acids is 1. The van der Waals surface area contributed by atoms with Gasteiger partial charge in [0.1, 0.15) is 12.4 Å². The van der Waals surface area contributed by atoms with Crippen LogP contribution >= 0.6 is 0 Å². The zero-order chi connectivity index (χ0) is 17.8. The fraction of sp³-hybridized carbons (Fsp3) is 0.158. The van der Waals surface area contributed by atoms with E-state index in [-0.39, 0.29) is 18.0 Å². The van der Waals surface area contributed by atoms with Crippen molar-refractivity contribution in [2.24, 2.45) is 0 Å². The number of nitrogens with zero attached hydrogens (tertiary/aromatic N) is 3. The summed E-state index contributed by atoms with van der Waals surface area (Å²) in [5.41, 5.74) is 3.33. The lowest BCUT2D eigenvalue weighted by molar-refractivity contribution is -0.117. The highest BCUT2D eigenvalue weighted by Gasteiger charge is 2.09. The number of anilines is 1. The normalized spacial score (nSPS) is 10.5. The summed E-state index contributed by atoms with van der Waals surface area (Å²) < 4.78 is 1.15. The van der Waals surface area contributed by atoms with Gasteiger partial charge in [0.2, 0.25) is 5.91 Å². The van der Waals surface area contributed by atoms with Gasteiger partial charge in [0.25, 0.3) is 5.56 Å². The van der Waals surface area contributed by atoms with Gasteiger partial charge < -0.3 is 5.32 Å². The third-order valence-electron chi connectivity index (χ3n) is 3.69. The molecule has 0 unspecified atom stereocenters. The Labute approximate surface area is 145 Å². The molecule has 0 aliphatic carbocycles. The van der Waals surface area contributed by atoms with E-state index in [0.717, 1.165) is 21.4 Å². The summed E-state index contributed by atoms with van der Waals surface area (Å²) in [6, 6.07) is 14.5. The van der Waals surface area contributed by atoms with Crippen molar-refractivity contribution in [1.82, 2.24) is 14.8 Å². The number of hydrogen-bond acceptors (Lipinski definition) is 4. The highest BCUT2D eigenvalue weighted by Crippen LogP contribution is 2.15. The number of carbonyl (C=O) groups is 1. The molecule has 1 aromatic carbocycles. The lowest BCUT2D eigenvalue weighted by Gasteiger charge is -2.08. The van der Waals surface area contributed by atoms with Gasteiger partial charge in [-0.25, -0.2) is 9.67 Å². The second kappa shape index (κ2) is 7.09. The van der Waals surface area contributed by atoms with Gasteiger partial charge in [-0.15, -0.1) is 0 Å². The van der Waals surface area contributed by atoms with Crippen LogP contribution in [0.4, 0.5) is 5.82 Å². The SMILES string of the molecule is Cc1ccc(-c2ccc(=O)n(CC(=O)Nc3cc(C)ccn3)n2)cc1. The second-order valence-corrected chi connectivity index (χ2v) is 5.85. The first kappa shape index (κ1) is 16.6. The van der Waals surface area contributed by atoms with Gasteiger partial charge in [0, 0.05) is 17.8 Å². The molecule has 0 saturated heterocycles. The van der Waals surface area contributed by atoms with Crippen molar-refractivity contribution in [2.75, 3.05) is 5.32 Å². The van der Waals surface area contributed by atoms with Crippen LogP contribution in [-0.2, 0) is 11.3 Å². The van der Waals surface area contributed by atoms with Crippen LogP contribution in [0.1, 0.15) is 11.1 Å². The lowest BCUT2D eigenvalue weighted by atomic mass is 10.1. The zero-order valence-electron chi connectivity index (χ0n) is 14.1. The number of pyridine rings is 1. The van der Waals surface area contributed by atoms with E-state index in [4.69, 9.17) is 0 Å². The predicted octanol–water partition coefficient (Wildman–Crippen LogP) is 2.56. The minimum absolute atomic E-state index is 0.172. The molecule has 6 nitrogen and oxygen atoms in total. The Hall–Kier alpha value is -3.28. The summed E-state index contributed by atoms with van der Waals surface area (Å²) in [4.78, 5) is 28.3. The Morgan fingerprint density at radius 2 is 1.80 bits per heavy atom. The maximum atomic E-state index is 12.2. The zero-order valence-corrected chi connectivity index (χ0v) is 14.1. The summed E-state index contributed by atoms with van der Waals surface area (Å²) in [5, 5.41) is 6.97. The van der Waals surface area contributed by atoms with E-state index in [1.165, 1.54) is 6.07 Å². The third-order valence-corrected chi connectivity index (χ3v) is 3.69. The first-order valence-electron chi connectivity index (χ1n) is 7.89. The highest BCUT2D eigenvalue weighted by atomic mass is 16.2. The third kappa shape index (κ3) is 4.17. The van der Waals surface area contributed by atoms with Crippen molar-refractivity contribution in [3.8, 4) is 11.3 Å². The largest absolute Gasteiger partial charge is 0.309 e. The molecule has 1 amide bonds. The summed E-state index contributed by atoms with van der Waals surface area (Å²) >= 11 is 0. The molecule has 25 heavy (non-hydrogen) atoms. The number of hydrogen-bond donors (Lipinski definition) is 1. The molecule has 126 valence electrons. The average Bonchev–Trinajstić information content (AvgIpc) is 2.57. The van der Waals surface area contributed by atoms with Crippen LogP contribution in [0.2, 0.25) is 0 Å². The first-order chi connectivity index (χ1) is 12.0. The minimum atomic E-state index is -0.353. The number of aromatic nitrogens is 3. The molecule has 2 heterocycles. The van der Waals surface area contributed by atoms with Gasteiger partial charge in [0.15, 0.2) is 0 Å². The molecule has 0 bridgehead atoms. The molecule has 6 heteroatoms. The quantitative estimate of drug-likeness (QED) is 0.795. The van der Waals surface area contributed by atoms with Gasteiger partial charge in [-0.2, -0.15) is 5.10 Å². The maximum absolute atomic E-state index is 12.2. The van der Waals surface area contributed by atoms with Crippen LogP contribution in [0.15, 0.2) is 59.5 Å². The van der Waals surface area contributed by atoms with Crippen molar-refractivity contribution in [1.29, 1.82) is 0 Å². The molecule has 0 radical (unpaired) electrons. The smallest absolute Gasteiger partial charge is 0.267 e. The Balaban J connectivity index is 1.80. The topological polar surface area (TPSA) is 76.9 Å². The van der Waals surface area contributed by atoms with Crippen LogP contribution in [0.25, 0.3) is 11.3 Å². The molecule has 0 saturated carbocycles. The Morgan fingerprint density at radius 3 is 2.52 bits per heavy atom. The second-order valence-electron chi connectivity index (χ2n) is 5.85. The van der Waals surface area contributed by atoms with E-state index in [0.29, 0.717) is 11.5 Å². The molecule has 0 spiro atoms. The van der Waals surface area contributed by atoms with Crippen molar-refractivity contribution in [2.45, 2.75) is 20.4 Å². The summed E-state index contributed by atoms with van der Waals surface area (Å²) in [7, 11) is 0. The Bertz CT molecular complexity index is 962. The Kier molecular flexibility index (Phi) is 4.70. The van der Waals surface area contributed by atoms with E-state index in [9.17, 15) is 9.59 Å². The molecular weight excluding hydrogens is 316 g/mol. The molecule has 3 aromatic rings. The van der Waals surface area contributed by atoms with Crippen molar-refractivity contribution >= 4 is 11.7 Å². The molecule has 1 N–H and O–H groups in total. The van der Waals surface area contributed by atoms with E-state index in [2.05, 4.69) is 15.4 Å². The van der Waals surface area contributed by atoms with Gasteiger partial charge in [0.05, 0.1) is 5.69 Å². The van der Waals surface area contributed by atoms with Crippen molar-refractivity contribution in [3.63, 3.8) is 0 Å². The van der Waals surface area contributed by atoms with Gasteiger partial charge in [-0.05, 0) is 37.6 Å². The molecule has 0 aliphatic heterocycles. The predicted molar refractivity (Wildman–Crippen MR) is 96.3 cm³/mol. The van der Waals surface area contributed by atoms with Gasteiger partial charge >= 0.3 is 0 Å². The summed E-state index contributed by atoms with van der Waals surface area (Å²) in [5.74, 6) is 0.0986. The number of aryl methyl sites for hydroxylation is 2. The van der Waals surface area contributed by atoms with Crippen LogP contribution in [0.3, 0.4) is 0 Å². The Morgan fingerprint density at radius 1 is 1.04 bits per heavy atom. The number of rotatable bonds is 4. The number of amides is 1. The van der Waals surface area contributed by atoms with E-state index in [1.807, 2.05) is 44.2 Å². The molecule has 0 fully saturated rings. The van der Waals surface area contributed by atoms with Gasteiger partial charge in [-0.3, -0.25) is 9.59 Å². The molecule has 3 rings (SSSR count). The standard InChI is InChI=1S/C19H18N4O2/c1-13-3-5-15(6-4-13)16-7-8-19(25)23(22-16)12-18(24)21-17-11-14(2)9-10-20-17/h3-11H,12H2,1-2H3,(H,20,21,24).